The van der Waals surface area contributed by atoms with Gasteiger partial charge in [-0.3, -0.25) is 4.79 Å². The van der Waals surface area contributed by atoms with E-state index in [2.05, 4.69) is 36.6 Å². The number of amides is 1. The van der Waals surface area contributed by atoms with Crippen molar-refractivity contribution < 1.29 is 4.79 Å². The molecule has 0 aromatic heterocycles. The van der Waals surface area contributed by atoms with Gasteiger partial charge >= 0.3 is 0 Å². The zero-order chi connectivity index (χ0) is 17.8. The molecule has 2 N–H and O–H groups in total. The number of rotatable bonds is 4. The van der Waals surface area contributed by atoms with Crippen LogP contribution < -0.4 is 10.6 Å². The van der Waals surface area contributed by atoms with Crippen LogP contribution in [0.15, 0.2) is 42.5 Å². The first-order chi connectivity index (χ1) is 12.1. The summed E-state index contributed by atoms with van der Waals surface area (Å²) in [5.74, 6) is 0.114. The fourth-order valence-electron chi connectivity index (χ4n) is 3.35. The molecule has 0 bridgehead atoms. The number of aryl methyl sites for hydroxylation is 1. The highest BCUT2D eigenvalue weighted by atomic mass is 16.2. The predicted molar refractivity (Wildman–Crippen MR) is 104 cm³/mol. The highest BCUT2D eigenvalue weighted by molar-refractivity contribution is 6.00. The maximum atomic E-state index is 13.0. The summed E-state index contributed by atoms with van der Waals surface area (Å²) in [6, 6.07) is 14.5. The molecule has 0 saturated carbocycles. The second-order valence-electron chi connectivity index (χ2n) is 6.77. The van der Waals surface area contributed by atoms with Crippen molar-refractivity contribution in [2.24, 2.45) is 0 Å². The van der Waals surface area contributed by atoms with Gasteiger partial charge in [-0.05, 0) is 63.1 Å². The number of nitrogens with one attached hydrogen (secondary N) is 2. The Morgan fingerprint density at radius 3 is 2.40 bits per heavy atom. The van der Waals surface area contributed by atoms with Crippen LogP contribution in [0.1, 0.15) is 34.3 Å². The zero-order valence-corrected chi connectivity index (χ0v) is 15.3. The van der Waals surface area contributed by atoms with Gasteiger partial charge in [-0.1, -0.05) is 24.3 Å². The van der Waals surface area contributed by atoms with E-state index < -0.39 is 0 Å². The van der Waals surface area contributed by atoms with E-state index in [0.29, 0.717) is 6.04 Å². The number of nitrogens with zero attached hydrogens (tertiary/aromatic N) is 1. The molecule has 1 amide bonds. The van der Waals surface area contributed by atoms with Crippen molar-refractivity contribution in [2.75, 3.05) is 25.5 Å². The van der Waals surface area contributed by atoms with Gasteiger partial charge in [0.2, 0.25) is 0 Å². The standard InChI is InChI=1S/C21H27N3O/c1-15-7-6-10-19(16(15)2)23-20-9-5-4-8-18(20)21(25)24-13-11-17(22-3)12-14-24/h4-10,17,22-23H,11-14H2,1-3H3. The summed E-state index contributed by atoms with van der Waals surface area (Å²) in [4.78, 5) is 15.0. The van der Waals surface area contributed by atoms with Crippen molar-refractivity contribution in [2.45, 2.75) is 32.7 Å². The van der Waals surface area contributed by atoms with Gasteiger partial charge in [0.1, 0.15) is 0 Å². The molecule has 1 aliphatic heterocycles. The van der Waals surface area contributed by atoms with E-state index in [-0.39, 0.29) is 5.91 Å². The Bertz CT molecular complexity index is 749. The molecule has 1 aliphatic rings. The molecule has 1 fully saturated rings. The van der Waals surface area contributed by atoms with Crippen LogP contribution in [0.25, 0.3) is 0 Å². The Hall–Kier alpha value is -2.33. The first kappa shape index (κ1) is 17.5. The summed E-state index contributed by atoms with van der Waals surface area (Å²) in [5.41, 5.74) is 5.11. The van der Waals surface area contributed by atoms with Crippen molar-refractivity contribution in [1.29, 1.82) is 0 Å². The van der Waals surface area contributed by atoms with Crippen LogP contribution in [0.4, 0.5) is 11.4 Å². The van der Waals surface area contributed by atoms with E-state index in [1.54, 1.807) is 0 Å². The molecule has 1 saturated heterocycles. The number of likely N-dealkylation sites (tertiary alicyclic amines) is 1. The number of anilines is 2. The lowest BCUT2D eigenvalue weighted by Crippen LogP contribution is -2.44. The average Bonchev–Trinajstić information content (AvgIpc) is 2.65. The lowest BCUT2D eigenvalue weighted by atomic mass is 10.0. The minimum atomic E-state index is 0.114. The summed E-state index contributed by atoms with van der Waals surface area (Å²) in [5, 5.41) is 6.77. The van der Waals surface area contributed by atoms with Gasteiger partial charge in [0.25, 0.3) is 5.91 Å². The van der Waals surface area contributed by atoms with E-state index in [1.165, 1.54) is 11.1 Å². The lowest BCUT2D eigenvalue weighted by Gasteiger charge is -2.32. The van der Waals surface area contributed by atoms with Gasteiger partial charge in [-0.2, -0.15) is 0 Å². The number of para-hydroxylation sites is 1. The summed E-state index contributed by atoms with van der Waals surface area (Å²) in [6.07, 6.45) is 2.02. The Kier molecular flexibility index (Phi) is 5.39. The molecule has 4 nitrogen and oxygen atoms in total. The molecule has 0 aliphatic carbocycles. The van der Waals surface area contributed by atoms with Crippen molar-refractivity contribution >= 4 is 17.3 Å². The fraction of sp³-hybridized carbons (Fsp3) is 0.381. The quantitative estimate of drug-likeness (QED) is 0.890. The molecule has 2 aromatic carbocycles. The van der Waals surface area contributed by atoms with E-state index >= 15 is 0 Å². The largest absolute Gasteiger partial charge is 0.355 e. The third kappa shape index (κ3) is 3.85. The topological polar surface area (TPSA) is 44.4 Å². The molecule has 4 heteroatoms. The molecule has 25 heavy (non-hydrogen) atoms. The summed E-state index contributed by atoms with van der Waals surface area (Å²) in [6.45, 7) is 5.82. The van der Waals surface area contributed by atoms with Crippen molar-refractivity contribution in [3.05, 3.63) is 59.2 Å². The Morgan fingerprint density at radius 1 is 1.00 bits per heavy atom. The summed E-state index contributed by atoms with van der Waals surface area (Å²) in [7, 11) is 1.99. The SMILES string of the molecule is CNC1CCN(C(=O)c2ccccc2Nc2cccc(C)c2C)CC1. The molecule has 2 aromatic rings. The highest BCUT2D eigenvalue weighted by Crippen LogP contribution is 2.26. The smallest absolute Gasteiger partial charge is 0.255 e. The zero-order valence-electron chi connectivity index (χ0n) is 15.3. The molecular formula is C21H27N3O. The first-order valence-electron chi connectivity index (χ1n) is 8.99. The lowest BCUT2D eigenvalue weighted by molar-refractivity contribution is 0.0708. The molecule has 0 atom stereocenters. The van der Waals surface area contributed by atoms with Crippen molar-refractivity contribution in [3.8, 4) is 0 Å². The van der Waals surface area contributed by atoms with E-state index in [9.17, 15) is 4.79 Å². The number of hydrogen-bond acceptors (Lipinski definition) is 3. The van der Waals surface area contributed by atoms with Gasteiger partial charge in [0.15, 0.2) is 0 Å². The van der Waals surface area contributed by atoms with Crippen molar-refractivity contribution in [1.82, 2.24) is 10.2 Å². The number of carbonyl (C=O) groups excluding carboxylic acids is 1. The number of hydrogen-bond donors (Lipinski definition) is 2. The van der Waals surface area contributed by atoms with Crippen LogP contribution in [-0.4, -0.2) is 37.0 Å². The molecule has 0 unspecified atom stereocenters. The van der Waals surface area contributed by atoms with E-state index in [0.717, 1.165) is 42.9 Å². The predicted octanol–water partition coefficient (Wildman–Crippen LogP) is 3.87. The van der Waals surface area contributed by atoms with Crippen molar-refractivity contribution in [3.63, 3.8) is 0 Å². The number of piperidine rings is 1. The monoisotopic (exact) mass is 337 g/mol. The normalized spacial score (nSPS) is 15.2. The fourth-order valence-corrected chi connectivity index (χ4v) is 3.35. The van der Waals surface area contributed by atoms with Gasteiger partial charge in [0, 0.05) is 24.8 Å². The minimum Gasteiger partial charge on any atom is -0.355 e. The summed E-state index contributed by atoms with van der Waals surface area (Å²) < 4.78 is 0. The maximum absolute atomic E-state index is 13.0. The molecule has 3 rings (SSSR count). The second-order valence-corrected chi connectivity index (χ2v) is 6.77. The Morgan fingerprint density at radius 2 is 1.68 bits per heavy atom. The number of benzene rings is 2. The highest BCUT2D eigenvalue weighted by Gasteiger charge is 2.24. The van der Waals surface area contributed by atoms with Crippen LogP contribution in [0.3, 0.4) is 0 Å². The van der Waals surface area contributed by atoms with Crippen LogP contribution in [0.5, 0.6) is 0 Å². The third-order valence-electron chi connectivity index (χ3n) is 5.22. The van der Waals surface area contributed by atoms with Gasteiger partial charge < -0.3 is 15.5 Å². The average molecular weight is 337 g/mol. The molecule has 0 radical (unpaired) electrons. The van der Waals surface area contributed by atoms with Gasteiger partial charge in [0.05, 0.1) is 11.3 Å². The Labute approximate surface area is 150 Å². The third-order valence-corrected chi connectivity index (χ3v) is 5.22. The van der Waals surface area contributed by atoms with Crippen LogP contribution in [0.2, 0.25) is 0 Å². The molecule has 0 spiro atoms. The van der Waals surface area contributed by atoms with E-state index in [1.807, 2.05) is 42.3 Å². The number of carbonyl (C=O) groups is 1. The van der Waals surface area contributed by atoms with E-state index in [4.69, 9.17) is 0 Å². The molecule has 132 valence electrons. The van der Waals surface area contributed by atoms with Gasteiger partial charge in [-0.15, -0.1) is 0 Å². The van der Waals surface area contributed by atoms with Crippen LogP contribution in [0, 0.1) is 13.8 Å². The first-order valence-corrected chi connectivity index (χ1v) is 8.99. The molecule has 1 heterocycles. The Balaban J connectivity index is 1.81. The second kappa shape index (κ2) is 7.70. The molecular weight excluding hydrogens is 310 g/mol. The van der Waals surface area contributed by atoms with Gasteiger partial charge in [-0.25, -0.2) is 0 Å². The maximum Gasteiger partial charge on any atom is 0.255 e. The minimum absolute atomic E-state index is 0.114. The van der Waals surface area contributed by atoms with Crippen LogP contribution >= 0.6 is 0 Å². The van der Waals surface area contributed by atoms with Crippen LogP contribution in [-0.2, 0) is 0 Å². The summed E-state index contributed by atoms with van der Waals surface area (Å²) >= 11 is 0.